The van der Waals surface area contributed by atoms with Crippen molar-refractivity contribution < 1.29 is 4.74 Å². The van der Waals surface area contributed by atoms with Crippen LogP contribution in [0.4, 0.5) is 0 Å². The van der Waals surface area contributed by atoms with Gasteiger partial charge in [-0.25, -0.2) is 0 Å². The molecule has 1 aromatic heterocycles. The predicted molar refractivity (Wildman–Crippen MR) is 73.4 cm³/mol. The van der Waals surface area contributed by atoms with Gasteiger partial charge in [-0.05, 0) is 45.2 Å². The van der Waals surface area contributed by atoms with E-state index in [2.05, 4.69) is 31.7 Å². The number of hydrogen-bond acceptors (Lipinski definition) is 4. The molecule has 2 rings (SSSR count). The molecule has 0 saturated carbocycles. The van der Waals surface area contributed by atoms with Gasteiger partial charge in [0.25, 0.3) is 0 Å². The molecule has 1 N–H and O–H groups in total. The van der Waals surface area contributed by atoms with Crippen LogP contribution < -0.4 is 10.1 Å². The minimum absolute atomic E-state index is 0.821. The average Bonchev–Trinajstić information content (AvgIpc) is 2.76. The van der Waals surface area contributed by atoms with Crippen LogP contribution in [0.25, 0.3) is 0 Å². The summed E-state index contributed by atoms with van der Waals surface area (Å²) in [5.41, 5.74) is 1.21. The van der Waals surface area contributed by atoms with Crippen LogP contribution in [0.15, 0.2) is 34.9 Å². The lowest BCUT2D eigenvalue weighted by atomic mass is 10.2. The molecule has 3 nitrogen and oxygen atoms in total. The van der Waals surface area contributed by atoms with Crippen LogP contribution in [0.2, 0.25) is 0 Å². The first kappa shape index (κ1) is 12.5. The molecule has 90 valence electrons. The number of nitrogens with zero attached hydrogens (tertiary/aromatic N) is 1. The Morgan fingerprint density at radius 2 is 2.29 bits per heavy atom. The summed E-state index contributed by atoms with van der Waals surface area (Å²) in [5, 5.41) is 3.38. The van der Waals surface area contributed by atoms with Gasteiger partial charge in [-0.15, -0.1) is 0 Å². The Morgan fingerprint density at radius 3 is 3.00 bits per heavy atom. The van der Waals surface area contributed by atoms with Crippen molar-refractivity contribution >= 4 is 27.5 Å². The average molecular weight is 313 g/mol. The Labute approximate surface area is 113 Å². The maximum absolute atomic E-state index is 5.18. The zero-order valence-corrected chi connectivity index (χ0v) is 11.8. The van der Waals surface area contributed by atoms with E-state index in [1.54, 1.807) is 7.11 Å². The zero-order chi connectivity index (χ0) is 12.1. The van der Waals surface area contributed by atoms with E-state index in [0.29, 0.717) is 0 Å². The van der Waals surface area contributed by atoms with Crippen molar-refractivity contribution in [3.05, 3.63) is 45.4 Å². The van der Waals surface area contributed by atoms with E-state index in [-0.39, 0.29) is 0 Å². The van der Waals surface area contributed by atoms with Crippen molar-refractivity contribution in [2.45, 2.75) is 13.1 Å². The van der Waals surface area contributed by atoms with Crippen LogP contribution in [0, 0.1) is 0 Å². The van der Waals surface area contributed by atoms with E-state index < -0.39 is 0 Å². The second-order valence-electron chi connectivity index (χ2n) is 3.55. The van der Waals surface area contributed by atoms with E-state index >= 15 is 0 Å². The fourth-order valence-electron chi connectivity index (χ4n) is 1.47. The highest BCUT2D eigenvalue weighted by molar-refractivity contribution is 9.10. The molecule has 0 aliphatic heterocycles. The SMILES string of the molecule is COc1cccc(CNCc2sncc2Br)c1. The molecule has 1 aromatic carbocycles. The van der Waals surface area contributed by atoms with E-state index in [1.165, 1.54) is 22.0 Å². The second kappa shape index (κ2) is 6.14. The molecular formula is C12H13BrN2OS. The molecule has 0 unspecified atom stereocenters. The third kappa shape index (κ3) is 3.52. The van der Waals surface area contributed by atoms with Crippen molar-refractivity contribution in [3.63, 3.8) is 0 Å². The predicted octanol–water partition coefficient (Wildman–Crippen LogP) is 3.20. The minimum atomic E-state index is 0.821. The maximum atomic E-state index is 5.18. The first-order chi connectivity index (χ1) is 8.29. The lowest BCUT2D eigenvalue weighted by molar-refractivity contribution is 0.414. The molecule has 0 aliphatic rings. The minimum Gasteiger partial charge on any atom is -0.497 e. The fourth-order valence-corrected chi connectivity index (χ4v) is 2.66. The number of aromatic nitrogens is 1. The molecule has 17 heavy (non-hydrogen) atoms. The van der Waals surface area contributed by atoms with Gasteiger partial charge in [-0.1, -0.05) is 12.1 Å². The van der Waals surface area contributed by atoms with E-state index in [1.807, 2.05) is 24.4 Å². The molecule has 0 aliphatic carbocycles. The van der Waals surface area contributed by atoms with Crippen molar-refractivity contribution in [1.29, 1.82) is 0 Å². The molecule has 0 atom stereocenters. The van der Waals surface area contributed by atoms with Gasteiger partial charge in [0, 0.05) is 13.1 Å². The molecule has 5 heteroatoms. The Bertz CT molecular complexity index is 487. The highest BCUT2D eigenvalue weighted by Gasteiger charge is 2.02. The van der Waals surface area contributed by atoms with E-state index in [4.69, 9.17) is 4.74 Å². The van der Waals surface area contributed by atoms with Gasteiger partial charge in [0.1, 0.15) is 5.75 Å². The van der Waals surface area contributed by atoms with Crippen LogP contribution in [-0.4, -0.2) is 11.5 Å². The second-order valence-corrected chi connectivity index (χ2v) is 5.29. The third-order valence-electron chi connectivity index (χ3n) is 2.34. The van der Waals surface area contributed by atoms with Crippen LogP contribution in [0.3, 0.4) is 0 Å². The number of nitrogens with one attached hydrogen (secondary N) is 1. The maximum Gasteiger partial charge on any atom is 0.119 e. The summed E-state index contributed by atoms with van der Waals surface area (Å²) in [5.74, 6) is 0.892. The van der Waals surface area contributed by atoms with Gasteiger partial charge in [0.05, 0.1) is 22.7 Å². The standard InChI is InChI=1S/C12H13BrN2OS/c1-16-10-4-2-3-9(5-10)6-14-8-12-11(13)7-15-17-12/h2-5,7,14H,6,8H2,1H3. The number of halogens is 1. The van der Waals surface area contributed by atoms with Gasteiger partial charge >= 0.3 is 0 Å². The van der Waals surface area contributed by atoms with Crippen molar-refractivity contribution in [2.24, 2.45) is 0 Å². The van der Waals surface area contributed by atoms with Crippen LogP contribution in [0.1, 0.15) is 10.4 Å². The van der Waals surface area contributed by atoms with Crippen molar-refractivity contribution in [3.8, 4) is 5.75 Å². The van der Waals surface area contributed by atoms with Crippen LogP contribution in [-0.2, 0) is 13.1 Å². The zero-order valence-electron chi connectivity index (χ0n) is 9.44. The lowest BCUT2D eigenvalue weighted by Crippen LogP contribution is -2.12. The highest BCUT2D eigenvalue weighted by atomic mass is 79.9. The molecule has 0 spiro atoms. The number of rotatable bonds is 5. The molecule has 1 heterocycles. The van der Waals surface area contributed by atoms with Gasteiger partial charge in [-0.2, -0.15) is 4.37 Å². The molecular weight excluding hydrogens is 300 g/mol. The summed E-state index contributed by atoms with van der Waals surface area (Å²) in [4.78, 5) is 1.22. The van der Waals surface area contributed by atoms with Crippen molar-refractivity contribution in [2.75, 3.05) is 7.11 Å². The molecule has 0 saturated heterocycles. The quantitative estimate of drug-likeness (QED) is 0.920. The monoisotopic (exact) mass is 312 g/mol. The molecule has 2 aromatic rings. The van der Waals surface area contributed by atoms with Crippen LogP contribution >= 0.6 is 27.5 Å². The van der Waals surface area contributed by atoms with E-state index in [9.17, 15) is 0 Å². The lowest BCUT2D eigenvalue weighted by Gasteiger charge is -2.05. The summed E-state index contributed by atoms with van der Waals surface area (Å²) in [6.07, 6.45) is 1.83. The van der Waals surface area contributed by atoms with E-state index in [0.717, 1.165) is 23.3 Å². The normalized spacial score (nSPS) is 10.5. The fraction of sp³-hybridized carbons (Fsp3) is 0.250. The third-order valence-corrected chi connectivity index (χ3v) is 4.09. The summed E-state index contributed by atoms with van der Waals surface area (Å²) in [7, 11) is 1.68. The summed E-state index contributed by atoms with van der Waals surface area (Å²) >= 11 is 4.97. The Balaban J connectivity index is 1.87. The molecule has 0 radical (unpaired) electrons. The van der Waals surface area contributed by atoms with Gasteiger partial charge < -0.3 is 10.1 Å². The Morgan fingerprint density at radius 1 is 1.41 bits per heavy atom. The van der Waals surface area contributed by atoms with Gasteiger partial charge in [0.2, 0.25) is 0 Å². The topological polar surface area (TPSA) is 34.1 Å². The van der Waals surface area contributed by atoms with Crippen LogP contribution in [0.5, 0.6) is 5.75 Å². The smallest absolute Gasteiger partial charge is 0.119 e. The summed E-state index contributed by atoms with van der Waals surface area (Å²) in [6, 6.07) is 8.06. The molecule has 0 bridgehead atoms. The Hall–Kier alpha value is -0.910. The van der Waals surface area contributed by atoms with Gasteiger partial charge in [0.15, 0.2) is 0 Å². The highest BCUT2D eigenvalue weighted by Crippen LogP contribution is 2.19. The first-order valence-corrected chi connectivity index (χ1v) is 6.79. The summed E-state index contributed by atoms with van der Waals surface area (Å²) in [6.45, 7) is 1.64. The molecule has 0 fully saturated rings. The number of ether oxygens (including phenoxy) is 1. The molecule has 0 amide bonds. The van der Waals surface area contributed by atoms with Gasteiger partial charge in [-0.3, -0.25) is 0 Å². The largest absolute Gasteiger partial charge is 0.497 e. The number of benzene rings is 1. The number of hydrogen-bond donors (Lipinski definition) is 1. The number of methoxy groups -OCH3 is 1. The first-order valence-electron chi connectivity index (χ1n) is 5.22. The Kier molecular flexibility index (Phi) is 4.53. The summed E-state index contributed by atoms with van der Waals surface area (Å²) < 4.78 is 10.4. The van der Waals surface area contributed by atoms with Crippen molar-refractivity contribution in [1.82, 2.24) is 9.69 Å².